The fourth-order valence-electron chi connectivity index (χ4n) is 2.62. The molecule has 1 rings (SSSR count). The van der Waals surface area contributed by atoms with Gasteiger partial charge in [-0.25, -0.2) is 4.79 Å². The number of esters is 3. The molecule has 1 fully saturated rings. The summed E-state index contributed by atoms with van der Waals surface area (Å²) in [6.07, 6.45) is 0.118. The first kappa shape index (κ1) is 18.9. The van der Waals surface area contributed by atoms with Crippen LogP contribution >= 0.6 is 0 Å². The lowest BCUT2D eigenvalue weighted by Gasteiger charge is -2.30. The van der Waals surface area contributed by atoms with E-state index >= 15 is 0 Å². The van der Waals surface area contributed by atoms with Crippen LogP contribution in [0.3, 0.4) is 0 Å². The van der Waals surface area contributed by atoms with Gasteiger partial charge < -0.3 is 19.1 Å². The van der Waals surface area contributed by atoms with E-state index in [9.17, 15) is 19.2 Å². The van der Waals surface area contributed by atoms with Crippen molar-refractivity contribution < 1.29 is 33.4 Å². The second-order valence-electron chi connectivity index (χ2n) is 5.05. The molecule has 0 saturated carbocycles. The summed E-state index contributed by atoms with van der Waals surface area (Å²) in [4.78, 5) is 48.8. The van der Waals surface area contributed by atoms with E-state index < -0.39 is 30.0 Å². The topological polar surface area (TPSA) is 99.2 Å². The fourth-order valence-corrected chi connectivity index (χ4v) is 2.62. The third kappa shape index (κ3) is 5.22. The van der Waals surface area contributed by atoms with Crippen LogP contribution in [0.2, 0.25) is 0 Å². The largest absolute Gasteiger partial charge is 0.467 e. The smallest absolute Gasteiger partial charge is 0.328 e. The molecule has 0 bridgehead atoms. The number of hydrogen-bond acceptors (Lipinski definition) is 7. The Balaban J connectivity index is 2.94. The number of likely N-dealkylation sites (tertiary alicyclic amines) is 1. The van der Waals surface area contributed by atoms with Gasteiger partial charge in [0.15, 0.2) is 0 Å². The van der Waals surface area contributed by atoms with Gasteiger partial charge in [-0.05, 0) is 20.3 Å². The molecule has 8 heteroatoms. The van der Waals surface area contributed by atoms with Gasteiger partial charge in [0.05, 0.1) is 39.2 Å². The average Bonchev–Trinajstić information content (AvgIpc) is 2.88. The summed E-state index contributed by atoms with van der Waals surface area (Å²) in [6, 6.07) is -1.58. The maximum absolute atomic E-state index is 12.1. The highest BCUT2D eigenvalue weighted by Gasteiger charge is 2.42. The van der Waals surface area contributed by atoms with E-state index in [2.05, 4.69) is 0 Å². The minimum atomic E-state index is -0.790. The van der Waals surface area contributed by atoms with E-state index in [4.69, 9.17) is 14.2 Å². The standard InChI is InChI=1S/C15H23NO7/c1-4-22-13(18)8-10(9-14(19)23-5-2)16-11(15(20)21-3)6-7-12(16)17/h10-11H,4-9H2,1-3H3. The van der Waals surface area contributed by atoms with Gasteiger partial charge in [-0.1, -0.05) is 0 Å². The molecule has 0 aliphatic carbocycles. The molecule has 1 amide bonds. The summed E-state index contributed by atoms with van der Waals surface area (Å²) < 4.78 is 14.5. The van der Waals surface area contributed by atoms with Crippen LogP contribution in [-0.4, -0.2) is 61.1 Å². The third-order valence-electron chi connectivity index (χ3n) is 3.54. The van der Waals surface area contributed by atoms with E-state index in [1.54, 1.807) is 13.8 Å². The molecule has 1 saturated heterocycles. The summed E-state index contributed by atoms with van der Waals surface area (Å²) in [5.41, 5.74) is 0. The van der Waals surface area contributed by atoms with E-state index in [-0.39, 0.29) is 38.4 Å². The van der Waals surface area contributed by atoms with E-state index in [1.165, 1.54) is 12.0 Å². The van der Waals surface area contributed by atoms with Gasteiger partial charge in [0.25, 0.3) is 0 Å². The number of rotatable bonds is 8. The van der Waals surface area contributed by atoms with Crippen molar-refractivity contribution in [1.29, 1.82) is 0 Å². The highest BCUT2D eigenvalue weighted by atomic mass is 16.5. The van der Waals surface area contributed by atoms with Gasteiger partial charge in [-0.3, -0.25) is 14.4 Å². The summed E-state index contributed by atoms with van der Waals surface area (Å²) >= 11 is 0. The number of carbonyl (C=O) groups is 4. The predicted octanol–water partition coefficient (Wildman–Crippen LogP) is 0.425. The van der Waals surface area contributed by atoms with Crippen molar-refractivity contribution in [3.63, 3.8) is 0 Å². The van der Waals surface area contributed by atoms with Crippen molar-refractivity contribution in [1.82, 2.24) is 4.90 Å². The third-order valence-corrected chi connectivity index (χ3v) is 3.54. The first-order valence-electron chi connectivity index (χ1n) is 7.64. The fraction of sp³-hybridized carbons (Fsp3) is 0.733. The minimum Gasteiger partial charge on any atom is -0.467 e. The molecule has 0 spiro atoms. The number of ether oxygens (including phenoxy) is 3. The molecule has 130 valence electrons. The molecule has 1 atom stereocenters. The maximum Gasteiger partial charge on any atom is 0.328 e. The van der Waals surface area contributed by atoms with Crippen LogP contribution in [0.1, 0.15) is 39.5 Å². The molecule has 1 heterocycles. The van der Waals surface area contributed by atoms with E-state index in [0.29, 0.717) is 6.42 Å². The summed E-state index contributed by atoms with van der Waals surface area (Å²) in [5, 5.41) is 0. The minimum absolute atomic E-state index is 0.169. The Morgan fingerprint density at radius 1 is 1.13 bits per heavy atom. The van der Waals surface area contributed by atoms with Gasteiger partial charge in [0.1, 0.15) is 6.04 Å². The average molecular weight is 329 g/mol. The number of methoxy groups -OCH3 is 1. The molecule has 8 nitrogen and oxygen atoms in total. The van der Waals surface area contributed by atoms with Gasteiger partial charge in [0.2, 0.25) is 5.91 Å². The first-order chi connectivity index (χ1) is 10.9. The van der Waals surface area contributed by atoms with Gasteiger partial charge in [-0.15, -0.1) is 0 Å². The van der Waals surface area contributed by atoms with Crippen LogP contribution in [0.4, 0.5) is 0 Å². The maximum atomic E-state index is 12.1. The molecule has 0 radical (unpaired) electrons. The summed E-state index contributed by atoms with van der Waals surface area (Å²) in [6.45, 7) is 3.71. The van der Waals surface area contributed by atoms with Gasteiger partial charge >= 0.3 is 17.9 Å². The van der Waals surface area contributed by atoms with Crippen LogP contribution in [0.15, 0.2) is 0 Å². The zero-order valence-electron chi connectivity index (χ0n) is 13.7. The van der Waals surface area contributed by atoms with E-state index in [0.717, 1.165) is 0 Å². The zero-order chi connectivity index (χ0) is 17.4. The van der Waals surface area contributed by atoms with Crippen molar-refractivity contribution in [3.8, 4) is 0 Å². The van der Waals surface area contributed by atoms with Crippen LogP contribution in [0.25, 0.3) is 0 Å². The summed E-state index contributed by atoms with van der Waals surface area (Å²) in [5.74, 6) is -1.93. The van der Waals surface area contributed by atoms with Crippen molar-refractivity contribution in [2.45, 2.75) is 51.6 Å². The molecule has 0 aromatic carbocycles. The molecular weight excluding hydrogens is 306 g/mol. The number of amides is 1. The normalized spacial score (nSPS) is 17.3. The van der Waals surface area contributed by atoms with Crippen LogP contribution < -0.4 is 0 Å². The van der Waals surface area contributed by atoms with Gasteiger partial charge in [0, 0.05) is 6.42 Å². The zero-order valence-corrected chi connectivity index (χ0v) is 13.7. The lowest BCUT2D eigenvalue weighted by molar-refractivity contribution is -0.156. The quantitative estimate of drug-likeness (QED) is 0.470. The number of carbonyl (C=O) groups excluding carboxylic acids is 4. The highest BCUT2D eigenvalue weighted by molar-refractivity contribution is 5.89. The molecule has 23 heavy (non-hydrogen) atoms. The Morgan fingerprint density at radius 2 is 1.65 bits per heavy atom. The lowest BCUT2D eigenvalue weighted by atomic mass is 10.1. The Hall–Kier alpha value is -2.12. The molecule has 1 aliphatic rings. The molecule has 0 N–H and O–H groups in total. The Morgan fingerprint density at radius 3 is 2.09 bits per heavy atom. The summed E-state index contributed by atoms with van der Waals surface area (Å²) in [7, 11) is 1.23. The van der Waals surface area contributed by atoms with Crippen molar-refractivity contribution in [2.24, 2.45) is 0 Å². The van der Waals surface area contributed by atoms with Crippen LogP contribution in [0.5, 0.6) is 0 Å². The number of nitrogens with zero attached hydrogens (tertiary/aromatic N) is 1. The van der Waals surface area contributed by atoms with Gasteiger partial charge in [-0.2, -0.15) is 0 Å². The monoisotopic (exact) mass is 329 g/mol. The molecule has 0 aromatic heterocycles. The number of hydrogen-bond donors (Lipinski definition) is 0. The van der Waals surface area contributed by atoms with Crippen molar-refractivity contribution in [2.75, 3.05) is 20.3 Å². The molecule has 1 unspecified atom stereocenters. The predicted molar refractivity (Wildman–Crippen MR) is 78.2 cm³/mol. The Bertz CT molecular complexity index is 443. The van der Waals surface area contributed by atoms with E-state index in [1.807, 2.05) is 0 Å². The van der Waals surface area contributed by atoms with Crippen LogP contribution in [0, 0.1) is 0 Å². The highest BCUT2D eigenvalue weighted by Crippen LogP contribution is 2.26. The Kier molecular flexibility index (Phi) is 7.50. The molecule has 1 aliphatic heterocycles. The second kappa shape index (κ2) is 9.12. The lowest BCUT2D eigenvalue weighted by Crippen LogP contribution is -2.48. The molecular formula is C15H23NO7. The van der Waals surface area contributed by atoms with Crippen LogP contribution in [-0.2, 0) is 33.4 Å². The second-order valence-corrected chi connectivity index (χ2v) is 5.05. The van der Waals surface area contributed by atoms with Crippen molar-refractivity contribution in [3.05, 3.63) is 0 Å². The first-order valence-corrected chi connectivity index (χ1v) is 7.64. The molecule has 0 aromatic rings. The van der Waals surface area contributed by atoms with Crippen molar-refractivity contribution >= 4 is 23.8 Å². The SMILES string of the molecule is CCOC(=O)CC(CC(=O)OCC)N1C(=O)CCC1C(=O)OC. The Labute approximate surface area is 135 Å².